The maximum atomic E-state index is 5.70. The Labute approximate surface area is 112 Å². The van der Waals surface area contributed by atoms with Gasteiger partial charge in [0.2, 0.25) is 0 Å². The van der Waals surface area contributed by atoms with Gasteiger partial charge in [0.05, 0.1) is 26.2 Å². The molecular weight excluding hydrogens is 278 g/mol. The van der Waals surface area contributed by atoms with Crippen molar-refractivity contribution in [3.8, 4) is 5.75 Å². The SMILES string of the molecule is Brc1ccc(OCCCC[NH+]2CCCC2)cc1. The van der Waals surface area contributed by atoms with Crippen LogP contribution in [0.5, 0.6) is 5.75 Å². The summed E-state index contributed by atoms with van der Waals surface area (Å²) in [5.74, 6) is 0.974. The highest BCUT2D eigenvalue weighted by Crippen LogP contribution is 2.16. The molecule has 94 valence electrons. The lowest BCUT2D eigenvalue weighted by molar-refractivity contribution is -0.887. The van der Waals surface area contributed by atoms with Crippen molar-refractivity contribution < 1.29 is 9.64 Å². The fourth-order valence-corrected chi connectivity index (χ4v) is 2.59. The number of likely N-dealkylation sites (tertiary alicyclic amines) is 1. The van der Waals surface area contributed by atoms with Gasteiger partial charge in [-0.15, -0.1) is 0 Å². The molecule has 1 aromatic rings. The summed E-state index contributed by atoms with van der Waals surface area (Å²) in [6, 6.07) is 8.05. The van der Waals surface area contributed by atoms with Gasteiger partial charge >= 0.3 is 0 Å². The van der Waals surface area contributed by atoms with Gasteiger partial charge in [0.1, 0.15) is 5.75 Å². The number of hydrogen-bond acceptors (Lipinski definition) is 1. The lowest BCUT2D eigenvalue weighted by atomic mass is 10.3. The molecule has 17 heavy (non-hydrogen) atoms. The Kier molecular flexibility index (Phi) is 5.33. The van der Waals surface area contributed by atoms with Crippen LogP contribution in [0.3, 0.4) is 0 Å². The van der Waals surface area contributed by atoms with Crippen LogP contribution in [0.15, 0.2) is 28.7 Å². The van der Waals surface area contributed by atoms with E-state index in [4.69, 9.17) is 4.74 Å². The molecule has 1 heterocycles. The minimum absolute atomic E-state index is 0.842. The molecule has 1 aliphatic heterocycles. The topological polar surface area (TPSA) is 13.7 Å². The summed E-state index contributed by atoms with van der Waals surface area (Å²) in [7, 11) is 0. The predicted molar refractivity (Wildman–Crippen MR) is 73.7 cm³/mol. The van der Waals surface area contributed by atoms with Gasteiger partial charge < -0.3 is 9.64 Å². The Hall–Kier alpha value is -0.540. The summed E-state index contributed by atoms with van der Waals surface area (Å²) < 4.78 is 6.80. The van der Waals surface area contributed by atoms with Gasteiger partial charge in [-0.25, -0.2) is 0 Å². The average Bonchev–Trinajstić information content (AvgIpc) is 2.84. The Morgan fingerprint density at radius 1 is 1.06 bits per heavy atom. The maximum absolute atomic E-state index is 5.70. The molecular formula is C14H21BrNO+. The molecule has 0 spiro atoms. The van der Waals surface area contributed by atoms with Crippen molar-refractivity contribution >= 4 is 15.9 Å². The Morgan fingerprint density at radius 3 is 2.47 bits per heavy atom. The van der Waals surface area contributed by atoms with E-state index in [1.807, 2.05) is 24.3 Å². The quantitative estimate of drug-likeness (QED) is 0.796. The van der Waals surface area contributed by atoms with Crippen LogP contribution < -0.4 is 9.64 Å². The lowest BCUT2D eigenvalue weighted by Crippen LogP contribution is -3.09. The van der Waals surface area contributed by atoms with Gasteiger partial charge in [0.15, 0.2) is 0 Å². The van der Waals surface area contributed by atoms with E-state index >= 15 is 0 Å². The van der Waals surface area contributed by atoms with E-state index < -0.39 is 0 Å². The second-order valence-corrected chi connectivity index (χ2v) is 5.63. The molecule has 2 rings (SSSR count). The highest BCUT2D eigenvalue weighted by Gasteiger charge is 2.13. The molecule has 0 aliphatic carbocycles. The monoisotopic (exact) mass is 298 g/mol. The van der Waals surface area contributed by atoms with Crippen molar-refractivity contribution in [2.75, 3.05) is 26.2 Å². The van der Waals surface area contributed by atoms with E-state index in [1.165, 1.54) is 45.3 Å². The minimum Gasteiger partial charge on any atom is -0.494 e. The van der Waals surface area contributed by atoms with E-state index in [0.717, 1.165) is 16.8 Å². The van der Waals surface area contributed by atoms with Gasteiger partial charge in [-0.3, -0.25) is 0 Å². The van der Waals surface area contributed by atoms with Crippen molar-refractivity contribution in [2.24, 2.45) is 0 Å². The molecule has 0 radical (unpaired) electrons. The minimum atomic E-state index is 0.842. The summed E-state index contributed by atoms with van der Waals surface area (Å²) in [5.41, 5.74) is 0. The Bertz CT molecular complexity index is 319. The van der Waals surface area contributed by atoms with E-state index in [-0.39, 0.29) is 0 Å². The standard InChI is InChI=1S/C14H20BrNO/c15-13-5-7-14(8-6-13)17-12-4-3-11-16-9-1-2-10-16/h5-8H,1-4,9-12H2/p+1. The molecule has 1 aliphatic rings. The summed E-state index contributed by atoms with van der Waals surface area (Å²) in [6.07, 6.45) is 5.29. The van der Waals surface area contributed by atoms with Crippen molar-refractivity contribution in [3.63, 3.8) is 0 Å². The zero-order valence-corrected chi connectivity index (χ0v) is 11.8. The number of ether oxygens (including phenoxy) is 1. The van der Waals surface area contributed by atoms with Crippen LogP contribution in [0.25, 0.3) is 0 Å². The van der Waals surface area contributed by atoms with Crippen molar-refractivity contribution in [3.05, 3.63) is 28.7 Å². The van der Waals surface area contributed by atoms with E-state index in [1.54, 1.807) is 4.90 Å². The van der Waals surface area contributed by atoms with Crippen LogP contribution in [-0.4, -0.2) is 26.2 Å². The van der Waals surface area contributed by atoms with Gasteiger partial charge in [-0.1, -0.05) is 15.9 Å². The molecule has 0 amide bonds. The largest absolute Gasteiger partial charge is 0.494 e. The van der Waals surface area contributed by atoms with E-state index in [0.29, 0.717) is 0 Å². The second-order valence-electron chi connectivity index (χ2n) is 4.72. The number of unbranched alkanes of at least 4 members (excludes halogenated alkanes) is 1. The van der Waals surface area contributed by atoms with E-state index in [2.05, 4.69) is 15.9 Å². The maximum Gasteiger partial charge on any atom is 0.119 e. The van der Waals surface area contributed by atoms with Gasteiger partial charge in [0.25, 0.3) is 0 Å². The van der Waals surface area contributed by atoms with Crippen molar-refractivity contribution in [2.45, 2.75) is 25.7 Å². The highest BCUT2D eigenvalue weighted by atomic mass is 79.9. The molecule has 0 aromatic heterocycles. The number of nitrogens with one attached hydrogen (secondary N) is 1. The first-order chi connectivity index (χ1) is 8.34. The summed E-state index contributed by atoms with van der Waals surface area (Å²) >= 11 is 3.42. The first-order valence-electron chi connectivity index (χ1n) is 6.56. The molecule has 0 unspecified atom stereocenters. The van der Waals surface area contributed by atoms with Crippen molar-refractivity contribution in [1.82, 2.24) is 0 Å². The molecule has 0 saturated carbocycles. The first kappa shape index (κ1) is 12.9. The molecule has 0 bridgehead atoms. The summed E-state index contributed by atoms with van der Waals surface area (Å²) in [4.78, 5) is 1.79. The lowest BCUT2D eigenvalue weighted by Gasteiger charge is -2.11. The number of rotatable bonds is 6. The van der Waals surface area contributed by atoms with Crippen LogP contribution in [0.1, 0.15) is 25.7 Å². The van der Waals surface area contributed by atoms with Crippen LogP contribution >= 0.6 is 15.9 Å². The van der Waals surface area contributed by atoms with Crippen molar-refractivity contribution in [1.29, 1.82) is 0 Å². The van der Waals surface area contributed by atoms with Crippen LogP contribution in [0.4, 0.5) is 0 Å². The fraction of sp³-hybridized carbons (Fsp3) is 0.571. The van der Waals surface area contributed by atoms with Crippen LogP contribution in [0.2, 0.25) is 0 Å². The summed E-state index contributed by atoms with van der Waals surface area (Å²) in [6.45, 7) is 4.93. The number of quaternary nitrogens is 1. The number of halogens is 1. The molecule has 1 N–H and O–H groups in total. The first-order valence-corrected chi connectivity index (χ1v) is 7.36. The molecule has 0 atom stereocenters. The number of hydrogen-bond donors (Lipinski definition) is 1. The molecule has 3 heteroatoms. The Morgan fingerprint density at radius 2 is 1.76 bits per heavy atom. The van der Waals surface area contributed by atoms with E-state index in [9.17, 15) is 0 Å². The summed E-state index contributed by atoms with van der Waals surface area (Å²) in [5, 5.41) is 0. The fourth-order valence-electron chi connectivity index (χ4n) is 2.32. The normalized spacial score (nSPS) is 16.3. The molecule has 1 aromatic carbocycles. The molecule has 2 nitrogen and oxygen atoms in total. The third kappa shape index (κ3) is 4.68. The second kappa shape index (κ2) is 7.02. The van der Waals surface area contributed by atoms with Gasteiger partial charge in [0, 0.05) is 17.3 Å². The Balaban J connectivity index is 1.55. The predicted octanol–water partition coefficient (Wildman–Crippen LogP) is 2.29. The average molecular weight is 299 g/mol. The zero-order chi connectivity index (χ0) is 11.9. The smallest absolute Gasteiger partial charge is 0.119 e. The molecule has 1 fully saturated rings. The zero-order valence-electron chi connectivity index (χ0n) is 10.3. The molecule has 1 saturated heterocycles. The number of benzene rings is 1. The highest BCUT2D eigenvalue weighted by molar-refractivity contribution is 9.10. The van der Waals surface area contributed by atoms with Crippen LogP contribution in [-0.2, 0) is 0 Å². The van der Waals surface area contributed by atoms with Crippen LogP contribution in [0, 0.1) is 0 Å². The third-order valence-electron chi connectivity index (χ3n) is 3.32. The van der Waals surface area contributed by atoms with Gasteiger partial charge in [-0.05, 0) is 37.1 Å². The third-order valence-corrected chi connectivity index (χ3v) is 3.85. The van der Waals surface area contributed by atoms with Gasteiger partial charge in [-0.2, -0.15) is 0 Å².